The lowest BCUT2D eigenvalue weighted by Crippen LogP contribution is -2.45. The first kappa shape index (κ1) is 15.2. The van der Waals surface area contributed by atoms with Gasteiger partial charge in [0.1, 0.15) is 11.6 Å². The molecule has 1 aromatic heterocycles. The lowest BCUT2D eigenvalue weighted by atomic mass is 10.0. The minimum Gasteiger partial charge on any atom is -0.308 e. The third-order valence-corrected chi connectivity index (χ3v) is 4.02. The van der Waals surface area contributed by atoms with Crippen LogP contribution in [0.4, 0.5) is 5.82 Å². The molecule has 6 nitrogen and oxygen atoms in total. The van der Waals surface area contributed by atoms with Gasteiger partial charge in [-0.2, -0.15) is 0 Å². The van der Waals surface area contributed by atoms with E-state index in [0.717, 1.165) is 42.5 Å². The van der Waals surface area contributed by atoms with Crippen molar-refractivity contribution in [1.82, 2.24) is 19.8 Å². The van der Waals surface area contributed by atoms with Crippen molar-refractivity contribution in [2.75, 3.05) is 39.2 Å². The van der Waals surface area contributed by atoms with Crippen molar-refractivity contribution < 1.29 is 0 Å². The number of nitrogens with one attached hydrogen (secondary N) is 1. The molecule has 1 aromatic rings. The van der Waals surface area contributed by atoms with E-state index in [1.165, 1.54) is 0 Å². The van der Waals surface area contributed by atoms with Crippen molar-refractivity contribution in [2.24, 2.45) is 5.84 Å². The van der Waals surface area contributed by atoms with E-state index in [9.17, 15) is 0 Å². The molecule has 6 heteroatoms. The number of nitrogens with two attached hydrogens (primary N) is 1. The molecular weight excluding hydrogens is 252 g/mol. The molecule has 1 aliphatic heterocycles. The highest BCUT2D eigenvalue weighted by Gasteiger charge is 2.27. The molecule has 1 saturated heterocycles. The van der Waals surface area contributed by atoms with Crippen LogP contribution in [0.1, 0.15) is 42.9 Å². The quantitative estimate of drug-likeness (QED) is 0.637. The summed E-state index contributed by atoms with van der Waals surface area (Å²) >= 11 is 0. The van der Waals surface area contributed by atoms with Crippen molar-refractivity contribution in [3.63, 3.8) is 0 Å². The van der Waals surface area contributed by atoms with Crippen LogP contribution in [0.3, 0.4) is 0 Å². The van der Waals surface area contributed by atoms with E-state index in [0.29, 0.717) is 5.92 Å². The largest absolute Gasteiger partial charge is 0.308 e. The van der Waals surface area contributed by atoms with Crippen molar-refractivity contribution in [1.29, 1.82) is 0 Å². The first-order chi connectivity index (χ1) is 9.43. The molecule has 1 fully saturated rings. The summed E-state index contributed by atoms with van der Waals surface area (Å²) in [5, 5.41) is 0. The zero-order valence-electron chi connectivity index (χ0n) is 13.1. The summed E-state index contributed by atoms with van der Waals surface area (Å²) in [5.74, 6) is 7.61. The number of anilines is 1. The van der Waals surface area contributed by atoms with E-state index in [1.54, 1.807) is 0 Å². The lowest BCUT2D eigenvalue weighted by molar-refractivity contribution is 0.109. The van der Waals surface area contributed by atoms with E-state index in [2.05, 4.69) is 48.2 Å². The van der Waals surface area contributed by atoms with Crippen LogP contribution in [0.5, 0.6) is 0 Å². The van der Waals surface area contributed by atoms with Gasteiger partial charge in [0.2, 0.25) is 0 Å². The minimum absolute atomic E-state index is 0.223. The second-order valence-corrected chi connectivity index (χ2v) is 5.99. The average molecular weight is 278 g/mol. The van der Waals surface area contributed by atoms with Crippen LogP contribution in [-0.4, -0.2) is 53.5 Å². The van der Waals surface area contributed by atoms with Crippen LogP contribution >= 0.6 is 0 Å². The number of nitrogens with zero attached hydrogens (tertiary/aromatic N) is 4. The van der Waals surface area contributed by atoms with E-state index in [1.807, 2.05) is 6.92 Å². The van der Waals surface area contributed by atoms with Crippen LogP contribution in [0.15, 0.2) is 0 Å². The van der Waals surface area contributed by atoms with Crippen molar-refractivity contribution in [2.45, 2.75) is 32.7 Å². The second kappa shape index (κ2) is 6.03. The molecule has 1 aliphatic rings. The summed E-state index contributed by atoms with van der Waals surface area (Å²) in [7, 11) is 4.26. The molecule has 1 unspecified atom stereocenters. The third-order valence-electron chi connectivity index (χ3n) is 4.02. The van der Waals surface area contributed by atoms with E-state index >= 15 is 0 Å². The maximum atomic E-state index is 5.65. The molecule has 3 N–H and O–H groups in total. The Bertz CT molecular complexity index is 473. The zero-order chi connectivity index (χ0) is 14.9. The molecule has 0 aromatic carbocycles. The average Bonchev–Trinajstić information content (AvgIpc) is 2.40. The number of aromatic nitrogens is 2. The monoisotopic (exact) mass is 278 g/mol. The van der Waals surface area contributed by atoms with Gasteiger partial charge in [0.05, 0.1) is 6.04 Å². The first-order valence-electron chi connectivity index (χ1n) is 7.17. The fourth-order valence-corrected chi connectivity index (χ4v) is 2.84. The van der Waals surface area contributed by atoms with Gasteiger partial charge in [-0.15, -0.1) is 0 Å². The molecule has 1 atom stereocenters. The molecule has 0 radical (unpaired) electrons. The van der Waals surface area contributed by atoms with E-state index in [4.69, 9.17) is 10.8 Å². The molecule has 20 heavy (non-hydrogen) atoms. The van der Waals surface area contributed by atoms with Crippen molar-refractivity contribution in [3.8, 4) is 0 Å². The fourth-order valence-electron chi connectivity index (χ4n) is 2.84. The Morgan fingerprint density at radius 1 is 1.25 bits per heavy atom. The predicted octanol–water partition coefficient (Wildman–Crippen LogP) is 1.11. The highest BCUT2D eigenvalue weighted by Crippen LogP contribution is 2.28. The number of hydrogen-bond acceptors (Lipinski definition) is 6. The summed E-state index contributed by atoms with van der Waals surface area (Å²) in [5.41, 5.74) is 4.85. The Labute approximate surface area is 121 Å². The van der Waals surface area contributed by atoms with Gasteiger partial charge in [0, 0.05) is 30.9 Å². The highest BCUT2D eigenvalue weighted by atomic mass is 15.3. The number of hydrogen-bond donors (Lipinski definition) is 2. The van der Waals surface area contributed by atoms with Crippen LogP contribution < -0.4 is 11.3 Å². The Kier molecular flexibility index (Phi) is 4.57. The summed E-state index contributed by atoms with van der Waals surface area (Å²) in [6, 6.07) is 0.223. The van der Waals surface area contributed by atoms with Gasteiger partial charge in [-0.05, 0) is 26.9 Å². The van der Waals surface area contributed by atoms with Crippen LogP contribution in [-0.2, 0) is 0 Å². The number of hydrazine groups is 1. The Morgan fingerprint density at radius 3 is 2.55 bits per heavy atom. The predicted molar refractivity (Wildman–Crippen MR) is 81.5 cm³/mol. The highest BCUT2D eigenvalue weighted by molar-refractivity contribution is 5.47. The topological polar surface area (TPSA) is 70.3 Å². The van der Waals surface area contributed by atoms with Crippen LogP contribution in [0, 0.1) is 6.92 Å². The Morgan fingerprint density at radius 2 is 1.95 bits per heavy atom. The SMILES string of the molecule is Cc1nc(C2CN(C)CCN2C)nc(NN)c1C(C)C. The van der Waals surface area contributed by atoms with Gasteiger partial charge in [-0.25, -0.2) is 15.8 Å². The lowest BCUT2D eigenvalue weighted by Gasteiger charge is -2.37. The summed E-state index contributed by atoms with van der Waals surface area (Å²) in [4.78, 5) is 14.0. The zero-order valence-corrected chi connectivity index (χ0v) is 13.1. The number of piperazine rings is 1. The minimum atomic E-state index is 0.223. The van der Waals surface area contributed by atoms with Gasteiger partial charge in [0.15, 0.2) is 0 Å². The molecule has 0 spiro atoms. The van der Waals surface area contributed by atoms with Gasteiger partial charge < -0.3 is 10.3 Å². The number of nitrogen functional groups attached to an aromatic ring is 1. The molecule has 0 amide bonds. The smallest absolute Gasteiger partial charge is 0.149 e. The van der Waals surface area contributed by atoms with Gasteiger partial charge in [0.25, 0.3) is 0 Å². The number of likely N-dealkylation sites (N-methyl/N-ethyl adjacent to an activating group) is 2. The summed E-state index contributed by atoms with van der Waals surface area (Å²) < 4.78 is 0. The number of aryl methyl sites for hydroxylation is 1. The third kappa shape index (κ3) is 2.92. The molecule has 112 valence electrons. The van der Waals surface area contributed by atoms with E-state index < -0.39 is 0 Å². The van der Waals surface area contributed by atoms with Gasteiger partial charge >= 0.3 is 0 Å². The van der Waals surface area contributed by atoms with Crippen LogP contribution in [0.2, 0.25) is 0 Å². The summed E-state index contributed by atoms with van der Waals surface area (Å²) in [6.45, 7) is 9.35. The second-order valence-electron chi connectivity index (χ2n) is 5.99. The molecule has 2 heterocycles. The number of rotatable bonds is 3. The fraction of sp³-hybridized carbons (Fsp3) is 0.714. The summed E-state index contributed by atoms with van der Waals surface area (Å²) in [6.07, 6.45) is 0. The molecule has 0 aliphatic carbocycles. The van der Waals surface area contributed by atoms with Gasteiger partial charge in [-0.3, -0.25) is 4.90 Å². The van der Waals surface area contributed by atoms with Crippen molar-refractivity contribution >= 4 is 5.82 Å². The van der Waals surface area contributed by atoms with E-state index in [-0.39, 0.29) is 6.04 Å². The maximum absolute atomic E-state index is 5.65. The van der Waals surface area contributed by atoms with Crippen molar-refractivity contribution in [3.05, 3.63) is 17.1 Å². The molecule has 0 saturated carbocycles. The van der Waals surface area contributed by atoms with Gasteiger partial charge in [-0.1, -0.05) is 13.8 Å². The first-order valence-corrected chi connectivity index (χ1v) is 7.17. The standard InChI is InChI=1S/C14H26N6/c1-9(2)12-10(3)16-13(17-14(12)18-15)11-8-19(4)6-7-20(11)5/h9,11H,6-8,15H2,1-5H3,(H,16,17,18). The normalized spacial score (nSPS) is 21.4. The maximum Gasteiger partial charge on any atom is 0.149 e. The van der Waals surface area contributed by atoms with Crippen LogP contribution in [0.25, 0.3) is 0 Å². The molecule has 0 bridgehead atoms. The molecular formula is C14H26N6. The molecule has 2 rings (SSSR count). The Balaban J connectivity index is 2.40. The Hall–Kier alpha value is -1.24.